The van der Waals surface area contributed by atoms with Crippen LogP contribution in [0.15, 0.2) is 0 Å². The van der Waals surface area contributed by atoms with Crippen LogP contribution < -0.4 is 51.3 Å². The Kier molecular flexibility index (Phi) is 2550. The minimum Gasteiger partial charge on any atom is -1.00 e. The Morgan fingerprint density at radius 3 is 0.400 bits per heavy atom. The summed E-state index contributed by atoms with van der Waals surface area (Å²) in [5.41, 5.74) is 0. The molecule has 0 aliphatic carbocycles. The van der Waals surface area contributed by atoms with Gasteiger partial charge in [-0.1, -0.05) is 0 Å². The molecule has 0 unspecified atom stereocenters. The summed E-state index contributed by atoms with van der Waals surface area (Å²) in [6, 6.07) is 0. The summed E-state index contributed by atoms with van der Waals surface area (Å²) in [5, 5.41) is 0. The second-order valence-corrected chi connectivity index (χ2v) is 0. The second-order valence-electron chi connectivity index (χ2n) is 0. The monoisotopic (exact) mass is 508 g/mol. The van der Waals surface area contributed by atoms with Crippen LogP contribution in [-0.2, 0) is 34.7 Å². The van der Waals surface area contributed by atoms with E-state index in [-0.39, 0.29) is 135 Å². The summed E-state index contributed by atoms with van der Waals surface area (Å²) in [5.74, 6) is 0. The van der Waals surface area contributed by atoms with E-state index in [2.05, 4.69) is 0 Å². The van der Waals surface area contributed by atoms with E-state index in [1.54, 1.807) is 0 Å². The molecular formula is Cl3Cr2F3Sb2. The van der Waals surface area contributed by atoms with Gasteiger partial charge in [0.15, 0.2) is 0 Å². The average molecular weight is 511 g/mol. The summed E-state index contributed by atoms with van der Waals surface area (Å²) in [7, 11) is 0. The third-order valence-electron chi connectivity index (χ3n) is 0. The molecule has 8 radical (unpaired) electrons. The molecule has 0 saturated heterocycles. The van der Waals surface area contributed by atoms with Gasteiger partial charge in [-0.2, -0.15) is 0 Å². The fourth-order valence-corrected chi connectivity index (χ4v) is 0. The summed E-state index contributed by atoms with van der Waals surface area (Å²) >= 11 is 0. The molecule has 0 N–H and O–H groups in total. The summed E-state index contributed by atoms with van der Waals surface area (Å²) < 4.78 is 0. The van der Waals surface area contributed by atoms with Crippen molar-refractivity contribution in [2.75, 3.05) is 0 Å². The van der Waals surface area contributed by atoms with E-state index in [1.165, 1.54) is 0 Å². The van der Waals surface area contributed by atoms with E-state index < -0.39 is 0 Å². The van der Waals surface area contributed by atoms with Gasteiger partial charge in [-0.15, -0.1) is 0 Å². The van der Waals surface area contributed by atoms with Crippen LogP contribution in [0.25, 0.3) is 0 Å². The van der Waals surface area contributed by atoms with Gasteiger partial charge in [-0.3, -0.25) is 0 Å². The van der Waals surface area contributed by atoms with Gasteiger partial charge in [-0.05, 0) is 0 Å². The molecule has 0 aromatic heterocycles. The van der Waals surface area contributed by atoms with Crippen LogP contribution in [0.4, 0.5) is 0 Å². The topological polar surface area (TPSA) is 0 Å². The first-order valence-electron chi connectivity index (χ1n) is 0. The maximum atomic E-state index is 0. The van der Waals surface area contributed by atoms with Crippen LogP contribution in [0.5, 0.6) is 0 Å². The minimum atomic E-state index is 0. The Bertz CT molecular complexity index is 19.7. The van der Waals surface area contributed by atoms with Crippen molar-refractivity contribution in [3.8, 4) is 0 Å². The normalized spacial score (nSPS) is 0. The van der Waals surface area contributed by atoms with E-state index in [9.17, 15) is 0 Å². The predicted molar refractivity (Wildman–Crippen MR) is 11.5 cm³/mol. The fraction of sp³-hybridized carbons (Fsp3) is 0. The molecule has 0 aliphatic heterocycles. The number of hydrogen-bond acceptors (Lipinski definition) is 0. The number of halogens is 6. The van der Waals surface area contributed by atoms with Crippen LogP contribution in [0.3, 0.4) is 0 Å². The molecule has 64 valence electrons. The van der Waals surface area contributed by atoms with Crippen molar-refractivity contribution in [3.63, 3.8) is 0 Å². The zero-order valence-corrected chi connectivity index (χ0v) is 13.9. The van der Waals surface area contributed by atoms with Crippen molar-refractivity contribution in [1.82, 2.24) is 0 Å². The van der Waals surface area contributed by atoms with E-state index >= 15 is 0 Å². The molecule has 0 rings (SSSR count). The van der Waals surface area contributed by atoms with Crippen LogP contribution >= 0.6 is 0 Å². The number of hydrogen-bond donors (Lipinski definition) is 0. The first kappa shape index (κ1) is 181. The molecular weight excluding hydrogens is 511 g/mol. The molecule has 0 amide bonds. The van der Waals surface area contributed by atoms with Crippen molar-refractivity contribution in [3.05, 3.63) is 0 Å². The van der Waals surface area contributed by atoms with Gasteiger partial charge in [0.05, 0.1) is 0 Å². The van der Waals surface area contributed by atoms with Crippen molar-refractivity contribution < 1.29 is 86.1 Å². The third-order valence-corrected chi connectivity index (χ3v) is 0. The van der Waals surface area contributed by atoms with Crippen LogP contribution in [0.1, 0.15) is 0 Å². The molecule has 10 heavy (non-hydrogen) atoms. The quantitative estimate of drug-likeness (QED) is 0.284. The molecule has 10 heteroatoms. The zero-order chi connectivity index (χ0) is 0. The van der Waals surface area contributed by atoms with Gasteiger partial charge in [-0.25, -0.2) is 0 Å². The largest absolute Gasteiger partial charge is 3.00 e. The molecule has 0 nitrogen and oxygen atoms in total. The molecule has 0 saturated carbocycles. The SMILES string of the molecule is [Cl-].[Cl-].[Cl-].[Cr+3].[Cr+3].[F-].[F-].[F-].[Sb].[Sb]. The molecule has 0 fully saturated rings. The molecule has 0 aliphatic rings. The van der Waals surface area contributed by atoms with Gasteiger partial charge < -0.3 is 51.3 Å². The van der Waals surface area contributed by atoms with Gasteiger partial charge >= 0.3 is 34.7 Å². The molecule has 0 atom stereocenters. The first-order valence-corrected chi connectivity index (χ1v) is 0. The van der Waals surface area contributed by atoms with E-state index in [0.717, 1.165) is 0 Å². The van der Waals surface area contributed by atoms with E-state index in [0.29, 0.717) is 0 Å². The maximum Gasteiger partial charge on any atom is 3.00 e. The van der Waals surface area contributed by atoms with Crippen LogP contribution in [-0.4, -0.2) is 48.9 Å². The standard InChI is InChI=1S/3ClH.2Cr.3FH.2Sb/h3*1H;;;3*1H;;/q;;;2*+3;;;;;/p-6. The summed E-state index contributed by atoms with van der Waals surface area (Å²) in [6.45, 7) is 0. The molecule has 0 spiro atoms. The molecule has 0 bridgehead atoms. The van der Waals surface area contributed by atoms with E-state index in [1.807, 2.05) is 0 Å². The molecule has 0 aromatic carbocycles. The smallest absolute Gasteiger partial charge is 1.00 e. The Morgan fingerprint density at radius 1 is 0.400 bits per heavy atom. The Hall–Kier alpha value is 3.36. The van der Waals surface area contributed by atoms with Crippen molar-refractivity contribution in [2.45, 2.75) is 0 Å². The summed E-state index contributed by atoms with van der Waals surface area (Å²) in [6.07, 6.45) is 0. The molecule has 0 aromatic rings. The second kappa shape index (κ2) is 141. The third kappa shape index (κ3) is 108. The average Bonchev–Trinajstić information content (AvgIpc) is 0. The number of rotatable bonds is 0. The Balaban J connectivity index is 0. The van der Waals surface area contributed by atoms with Gasteiger partial charge in [0, 0.05) is 48.9 Å². The Morgan fingerprint density at radius 2 is 0.400 bits per heavy atom. The minimum absolute atomic E-state index is 0. The van der Waals surface area contributed by atoms with Gasteiger partial charge in [0.25, 0.3) is 0 Å². The maximum absolute atomic E-state index is 0. The van der Waals surface area contributed by atoms with E-state index in [4.69, 9.17) is 0 Å². The first-order chi connectivity index (χ1) is 0. The van der Waals surface area contributed by atoms with Crippen LogP contribution in [0, 0.1) is 0 Å². The van der Waals surface area contributed by atoms with Gasteiger partial charge in [0.2, 0.25) is 0 Å². The van der Waals surface area contributed by atoms with Crippen molar-refractivity contribution in [2.24, 2.45) is 0 Å². The van der Waals surface area contributed by atoms with Gasteiger partial charge in [0.1, 0.15) is 0 Å². The van der Waals surface area contributed by atoms with Crippen molar-refractivity contribution in [1.29, 1.82) is 0 Å². The van der Waals surface area contributed by atoms with Crippen molar-refractivity contribution >= 4 is 48.9 Å². The predicted octanol–water partition coefficient (Wildman–Crippen LogP) is -18.7. The summed E-state index contributed by atoms with van der Waals surface area (Å²) in [4.78, 5) is 0. The molecule has 0 heterocycles. The van der Waals surface area contributed by atoms with Crippen LogP contribution in [0.2, 0.25) is 0 Å². The zero-order valence-electron chi connectivity index (χ0n) is 3.98. The Labute approximate surface area is 133 Å². The fourth-order valence-electron chi connectivity index (χ4n) is 0.